The third kappa shape index (κ3) is 9.07. The molecule has 0 aliphatic rings. The number of allylic oxidation sites excluding steroid dienone is 1. The summed E-state index contributed by atoms with van der Waals surface area (Å²) in [5.74, 6) is 0.873. The highest BCUT2D eigenvalue weighted by Gasteiger charge is 2.11. The zero-order valence-corrected chi connectivity index (χ0v) is 22.0. The second kappa shape index (κ2) is 15.2. The van der Waals surface area contributed by atoms with Gasteiger partial charge in [-0.1, -0.05) is 63.3 Å². The van der Waals surface area contributed by atoms with Crippen LogP contribution in [0.15, 0.2) is 34.8 Å². The summed E-state index contributed by atoms with van der Waals surface area (Å²) < 4.78 is 12.2. The van der Waals surface area contributed by atoms with Gasteiger partial charge < -0.3 is 9.47 Å². The molecular weight excluding hydrogens is 462 g/mol. The number of rotatable bonds is 15. The van der Waals surface area contributed by atoms with Gasteiger partial charge in [0.25, 0.3) is 0 Å². The number of hydrogen-bond donors (Lipinski definition) is 0. The Kier molecular flexibility index (Phi) is 12.7. The summed E-state index contributed by atoms with van der Waals surface area (Å²) in [7, 11) is 1.68. The first-order valence-corrected chi connectivity index (χ1v) is 12.9. The lowest BCUT2D eigenvalue weighted by Crippen LogP contribution is -2.04. The number of benzene rings is 1. The average Bonchev–Trinajstić information content (AvgIpc) is 2.81. The van der Waals surface area contributed by atoms with Crippen molar-refractivity contribution in [2.45, 2.75) is 85.2 Å². The monoisotopic (exact) mass is 501 g/mol. The van der Waals surface area contributed by atoms with Gasteiger partial charge in [0.05, 0.1) is 19.4 Å². The van der Waals surface area contributed by atoms with E-state index >= 15 is 0 Å². The first-order chi connectivity index (χ1) is 15.6. The van der Waals surface area contributed by atoms with Gasteiger partial charge in [-0.3, -0.25) is 4.98 Å². The Hall–Kier alpha value is -1.65. The normalized spacial score (nSPS) is 11.4. The lowest BCUT2D eigenvalue weighted by Gasteiger charge is -2.13. The molecule has 0 bridgehead atoms. The van der Waals surface area contributed by atoms with E-state index in [2.05, 4.69) is 61.0 Å². The van der Waals surface area contributed by atoms with E-state index in [0.29, 0.717) is 6.61 Å². The summed E-state index contributed by atoms with van der Waals surface area (Å²) >= 11 is 3.72. The first kappa shape index (κ1) is 26.6. The van der Waals surface area contributed by atoms with Crippen LogP contribution >= 0.6 is 15.9 Å². The minimum atomic E-state index is 0.626. The molecule has 0 aliphatic heterocycles. The van der Waals surface area contributed by atoms with Crippen LogP contribution in [-0.2, 0) is 17.8 Å². The minimum absolute atomic E-state index is 0.626. The third-order valence-electron chi connectivity index (χ3n) is 5.80. The van der Waals surface area contributed by atoms with Crippen molar-refractivity contribution in [1.82, 2.24) is 4.98 Å². The second-order valence-electron chi connectivity index (χ2n) is 8.46. The number of unbranched alkanes of at least 4 members (excludes halogenated alkanes) is 6. The molecule has 3 nitrogen and oxygen atoms in total. The van der Waals surface area contributed by atoms with Crippen molar-refractivity contribution in [2.75, 3.05) is 13.7 Å². The smallest absolute Gasteiger partial charge is 0.118 e. The van der Waals surface area contributed by atoms with E-state index in [1.54, 1.807) is 7.11 Å². The lowest BCUT2D eigenvalue weighted by molar-refractivity contribution is 0.118. The highest BCUT2D eigenvalue weighted by Crippen LogP contribution is 2.27. The van der Waals surface area contributed by atoms with Crippen LogP contribution in [0.2, 0.25) is 0 Å². The van der Waals surface area contributed by atoms with Crippen molar-refractivity contribution in [1.29, 1.82) is 0 Å². The fourth-order valence-corrected chi connectivity index (χ4v) is 4.13. The maximum Gasteiger partial charge on any atom is 0.118 e. The quantitative estimate of drug-likeness (QED) is 0.229. The average molecular weight is 503 g/mol. The van der Waals surface area contributed by atoms with Gasteiger partial charge in [-0.25, -0.2) is 0 Å². The van der Waals surface area contributed by atoms with Crippen molar-refractivity contribution in [3.05, 3.63) is 62.9 Å². The molecule has 0 spiro atoms. The molecule has 1 aromatic carbocycles. The predicted molar refractivity (Wildman–Crippen MR) is 139 cm³/mol. The van der Waals surface area contributed by atoms with Crippen molar-refractivity contribution in [3.63, 3.8) is 0 Å². The Bertz CT molecular complexity index is 830. The molecule has 0 amide bonds. The van der Waals surface area contributed by atoms with E-state index in [4.69, 9.17) is 14.5 Å². The molecule has 1 aromatic heterocycles. The molecule has 4 heteroatoms. The summed E-state index contributed by atoms with van der Waals surface area (Å²) in [6.45, 7) is 7.88. The van der Waals surface area contributed by atoms with Crippen molar-refractivity contribution < 1.29 is 9.47 Å². The molecule has 2 aromatic rings. The van der Waals surface area contributed by atoms with Crippen LogP contribution in [0, 0.1) is 13.8 Å². The molecule has 0 unspecified atom stereocenters. The topological polar surface area (TPSA) is 31.4 Å². The van der Waals surface area contributed by atoms with Gasteiger partial charge in [0.2, 0.25) is 0 Å². The molecule has 0 fully saturated rings. The maximum absolute atomic E-state index is 5.90. The van der Waals surface area contributed by atoms with Gasteiger partial charge in [0, 0.05) is 16.8 Å². The zero-order chi connectivity index (χ0) is 23.2. The molecular formula is C28H40BrNO2. The zero-order valence-electron chi connectivity index (χ0n) is 20.4. The summed E-state index contributed by atoms with van der Waals surface area (Å²) in [5, 5.41) is 0. The number of aryl methyl sites for hydroxylation is 2. The minimum Gasteiger partial charge on any atom is -0.497 e. The molecule has 0 atom stereocenters. The summed E-state index contributed by atoms with van der Waals surface area (Å²) in [4.78, 5) is 4.89. The van der Waals surface area contributed by atoms with Gasteiger partial charge in [-0.15, -0.1) is 0 Å². The Labute approximate surface area is 203 Å². The molecule has 0 aliphatic carbocycles. The fraction of sp³-hybridized carbons (Fsp3) is 0.536. The molecule has 1 heterocycles. The molecule has 32 heavy (non-hydrogen) atoms. The number of halogens is 1. The molecule has 0 saturated heterocycles. The van der Waals surface area contributed by atoms with Gasteiger partial charge in [-0.05, 0) is 84.3 Å². The number of aromatic nitrogens is 1. The first-order valence-electron chi connectivity index (χ1n) is 12.1. The van der Waals surface area contributed by atoms with Crippen molar-refractivity contribution in [2.24, 2.45) is 0 Å². The lowest BCUT2D eigenvalue weighted by atomic mass is 10.0. The number of methoxy groups -OCH3 is 1. The SMILES string of the molecule is CCCCCCCC/C=C/c1c(CCCOCc2ccc(OC)cc2)nc(C)c(Br)c1C. The van der Waals surface area contributed by atoms with E-state index in [0.717, 1.165) is 47.3 Å². The van der Waals surface area contributed by atoms with E-state index in [-0.39, 0.29) is 0 Å². The van der Waals surface area contributed by atoms with Crippen LogP contribution in [0.3, 0.4) is 0 Å². The molecule has 0 N–H and O–H groups in total. The van der Waals surface area contributed by atoms with Crippen LogP contribution < -0.4 is 4.74 Å². The summed E-state index contributed by atoms with van der Waals surface area (Å²) in [6, 6.07) is 8.04. The second-order valence-corrected chi connectivity index (χ2v) is 9.25. The number of pyridine rings is 1. The van der Waals surface area contributed by atoms with Gasteiger partial charge in [0.15, 0.2) is 0 Å². The van der Waals surface area contributed by atoms with Crippen LogP contribution in [-0.4, -0.2) is 18.7 Å². The third-order valence-corrected chi connectivity index (χ3v) is 6.97. The molecule has 176 valence electrons. The summed E-state index contributed by atoms with van der Waals surface area (Å²) in [6.07, 6.45) is 15.7. The summed E-state index contributed by atoms with van der Waals surface area (Å²) in [5.41, 5.74) is 5.95. The Morgan fingerprint density at radius 2 is 1.69 bits per heavy atom. The van der Waals surface area contributed by atoms with Crippen LogP contribution in [0.25, 0.3) is 6.08 Å². The predicted octanol–water partition coefficient (Wildman–Crippen LogP) is 8.38. The Morgan fingerprint density at radius 3 is 2.41 bits per heavy atom. The van der Waals surface area contributed by atoms with Crippen molar-refractivity contribution in [3.8, 4) is 5.75 Å². The van der Waals surface area contributed by atoms with E-state index in [1.165, 1.54) is 55.3 Å². The largest absolute Gasteiger partial charge is 0.497 e. The van der Waals surface area contributed by atoms with Gasteiger partial charge in [0.1, 0.15) is 5.75 Å². The van der Waals surface area contributed by atoms with E-state index in [9.17, 15) is 0 Å². The van der Waals surface area contributed by atoms with E-state index < -0.39 is 0 Å². The molecule has 0 saturated carbocycles. The fourth-order valence-electron chi connectivity index (χ4n) is 3.83. The van der Waals surface area contributed by atoms with Crippen molar-refractivity contribution >= 4 is 22.0 Å². The van der Waals surface area contributed by atoms with Gasteiger partial charge >= 0.3 is 0 Å². The Balaban J connectivity index is 1.84. The Morgan fingerprint density at radius 1 is 0.969 bits per heavy atom. The van der Waals surface area contributed by atoms with Crippen LogP contribution in [0.5, 0.6) is 5.75 Å². The van der Waals surface area contributed by atoms with E-state index in [1.807, 2.05) is 12.1 Å². The number of ether oxygens (including phenoxy) is 2. The maximum atomic E-state index is 5.90. The van der Waals surface area contributed by atoms with Gasteiger partial charge in [-0.2, -0.15) is 0 Å². The molecule has 0 radical (unpaired) electrons. The standard InChI is InChI=1S/C28H40BrNO2/c1-5-6-7-8-9-10-11-12-14-26-22(2)28(29)23(3)30-27(26)15-13-20-32-21-24-16-18-25(31-4)19-17-24/h12,14,16-19H,5-11,13,15,20-21H2,1-4H3/b14-12+. The number of nitrogens with zero attached hydrogens (tertiary/aromatic N) is 1. The van der Waals surface area contributed by atoms with Crippen LogP contribution in [0.1, 0.15) is 86.4 Å². The number of hydrogen-bond acceptors (Lipinski definition) is 3. The highest BCUT2D eigenvalue weighted by atomic mass is 79.9. The molecule has 2 rings (SSSR count). The van der Waals surface area contributed by atoms with Crippen LogP contribution in [0.4, 0.5) is 0 Å². The highest BCUT2D eigenvalue weighted by molar-refractivity contribution is 9.10.